The largest absolute Gasteiger partial charge is 0.419 e. The molecule has 140 valence electrons. The Hall–Kier alpha value is -2.67. The summed E-state index contributed by atoms with van der Waals surface area (Å²) in [6.07, 6.45) is 0. The Bertz CT molecular complexity index is 970. The molecule has 1 atom stereocenters. The first-order valence-electron chi connectivity index (χ1n) is 8.60. The fourth-order valence-corrected chi connectivity index (χ4v) is 4.05. The summed E-state index contributed by atoms with van der Waals surface area (Å²) in [5, 5.41) is 19.0. The van der Waals surface area contributed by atoms with Crippen LogP contribution in [0.3, 0.4) is 0 Å². The number of hydrogen-bond donors (Lipinski definition) is 0. The highest BCUT2D eigenvalue weighted by atomic mass is 32.2. The average Bonchev–Trinajstić information content (AvgIpc) is 3.14. The molecule has 0 bridgehead atoms. The van der Waals surface area contributed by atoms with Crippen LogP contribution < -0.4 is 0 Å². The number of nitro groups is 1. The highest BCUT2D eigenvalue weighted by molar-refractivity contribution is 7.99. The molecular weight excluding hydrogens is 362 g/mol. The second-order valence-electron chi connectivity index (χ2n) is 6.60. The van der Waals surface area contributed by atoms with Gasteiger partial charge in [-0.25, -0.2) is 0 Å². The summed E-state index contributed by atoms with van der Waals surface area (Å²) in [5.41, 5.74) is 5.77. The zero-order valence-corrected chi connectivity index (χ0v) is 16.8. The number of benzene rings is 2. The number of aromatic nitrogens is 2. The van der Waals surface area contributed by atoms with E-state index in [-0.39, 0.29) is 10.9 Å². The lowest BCUT2D eigenvalue weighted by molar-refractivity contribution is -0.384. The zero-order chi connectivity index (χ0) is 19.7. The molecule has 2 aromatic carbocycles. The minimum atomic E-state index is -0.434. The van der Waals surface area contributed by atoms with Crippen LogP contribution in [0.25, 0.3) is 11.5 Å². The van der Waals surface area contributed by atoms with Crippen molar-refractivity contribution in [2.75, 3.05) is 0 Å². The van der Waals surface area contributed by atoms with Crippen LogP contribution >= 0.6 is 11.8 Å². The van der Waals surface area contributed by atoms with Crippen molar-refractivity contribution in [3.05, 3.63) is 68.6 Å². The first kappa shape index (κ1) is 19.1. The molecule has 6 nitrogen and oxygen atoms in total. The quantitative estimate of drug-likeness (QED) is 0.318. The van der Waals surface area contributed by atoms with E-state index in [0.717, 1.165) is 0 Å². The van der Waals surface area contributed by atoms with Gasteiger partial charge in [0.2, 0.25) is 11.8 Å². The number of nitrogens with zero attached hydrogens (tertiary/aromatic N) is 3. The van der Waals surface area contributed by atoms with E-state index in [1.807, 2.05) is 6.92 Å². The van der Waals surface area contributed by atoms with Gasteiger partial charge in [0, 0.05) is 22.6 Å². The van der Waals surface area contributed by atoms with Crippen LogP contribution in [0.15, 0.2) is 39.6 Å². The maximum absolute atomic E-state index is 10.8. The molecule has 0 saturated carbocycles. The third-order valence-electron chi connectivity index (χ3n) is 4.71. The van der Waals surface area contributed by atoms with Gasteiger partial charge in [0.25, 0.3) is 5.69 Å². The third-order valence-corrected chi connectivity index (χ3v) is 6.11. The van der Waals surface area contributed by atoms with Crippen molar-refractivity contribution in [1.82, 2.24) is 10.2 Å². The van der Waals surface area contributed by atoms with E-state index in [2.05, 4.69) is 44.0 Å². The molecule has 0 N–H and O–H groups in total. The van der Waals surface area contributed by atoms with Gasteiger partial charge in [-0.05, 0) is 69.0 Å². The number of hydrogen-bond acceptors (Lipinski definition) is 6. The number of aryl methyl sites for hydroxylation is 2. The first-order chi connectivity index (χ1) is 12.8. The summed E-state index contributed by atoms with van der Waals surface area (Å²) in [7, 11) is 0. The van der Waals surface area contributed by atoms with E-state index in [9.17, 15) is 10.1 Å². The second-order valence-corrected chi connectivity index (χ2v) is 7.95. The lowest BCUT2D eigenvalue weighted by Gasteiger charge is -2.16. The van der Waals surface area contributed by atoms with Crippen molar-refractivity contribution in [3.8, 4) is 11.5 Å². The highest BCUT2D eigenvalue weighted by Gasteiger charge is 2.19. The third kappa shape index (κ3) is 3.88. The SMILES string of the molecule is Cc1cc(C)c(C)c(SC(C)c2nnc(-c3ccc([N+](=O)[O-])cc3)o2)c1C. The van der Waals surface area contributed by atoms with Crippen LogP contribution in [0.5, 0.6) is 0 Å². The predicted octanol–water partition coefficient (Wildman–Crippen LogP) is 5.73. The summed E-state index contributed by atoms with van der Waals surface area (Å²) in [4.78, 5) is 11.6. The van der Waals surface area contributed by atoms with Gasteiger partial charge in [0.1, 0.15) is 0 Å². The minimum absolute atomic E-state index is 0.0112. The van der Waals surface area contributed by atoms with Crippen LogP contribution in [-0.4, -0.2) is 15.1 Å². The monoisotopic (exact) mass is 383 g/mol. The predicted molar refractivity (Wildman–Crippen MR) is 106 cm³/mol. The van der Waals surface area contributed by atoms with Crippen LogP contribution in [0, 0.1) is 37.8 Å². The topological polar surface area (TPSA) is 82.1 Å². The number of rotatable bonds is 5. The molecule has 7 heteroatoms. The van der Waals surface area contributed by atoms with Gasteiger partial charge in [-0.3, -0.25) is 10.1 Å². The fraction of sp³-hybridized carbons (Fsp3) is 0.300. The average molecular weight is 383 g/mol. The number of nitro benzene ring substituents is 1. The fourth-order valence-electron chi connectivity index (χ4n) is 2.83. The Balaban J connectivity index is 1.84. The molecule has 0 aliphatic rings. The highest BCUT2D eigenvalue weighted by Crippen LogP contribution is 2.40. The molecule has 27 heavy (non-hydrogen) atoms. The van der Waals surface area contributed by atoms with Crippen LogP contribution in [0.2, 0.25) is 0 Å². The second kappa shape index (κ2) is 7.52. The van der Waals surface area contributed by atoms with Gasteiger partial charge in [0.15, 0.2) is 0 Å². The van der Waals surface area contributed by atoms with Gasteiger partial charge < -0.3 is 4.42 Å². The Morgan fingerprint density at radius 1 is 1.04 bits per heavy atom. The van der Waals surface area contributed by atoms with Crippen LogP contribution in [0.1, 0.15) is 40.3 Å². The number of non-ortho nitro benzene ring substituents is 1. The molecule has 3 rings (SSSR count). The van der Waals surface area contributed by atoms with E-state index in [0.29, 0.717) is 17.3 Å². The summed E-state index contributed by atoms with van der Waals surface area (Å²) in [6.45, 7) is 10.5. The molecule has 3 aromatic rings. The maximum Gasteiger partial charge on any atom is 0.269 e. The van der Waals surface area contributed by atoms with E-state index in [1.165, 1.54) is 39.3 Å². The molecule has 0 saturated heterocycles. The molecule has 0 aliphatic heterocycles. The normalized spacial score (nSPS) is 12.2. The van der Waals surface area contributed by atoms with Crippen molar-refractivity contribution in [1.29, 1.82) is 0 Å². The van der Waals surface area contributed by atoms with E-state index < -0.39 is 4.92 Å². The van der Waals surface area contributed by atoms with Gasteiger partial charge in [-0.1, -0.05) is 6.07 Å². The molecule has 1 heterocycles. The van der Waals surface area contributed by atoms with E-state index in [4.69, 9.17) is 4.42 Å². The molecule has 0 aliphatic carbocycles. The molecule has 0 fully saturated rings. The Morgan fingerprint density at radius 3 is 2.19 bits per heavy atom. The van der Waals surface area contributed by atoms with Crippen molar-refractivity contribution in [2.45, 2.75) is 44.8 Å². The van der Waals surface area contributed by atoms with Crippen molar-refractivity contribution in [3.63, 3.8) is 0 Å². The molecule has 1 aromatic heterocycles. The van der Waals surface area contributed by atoms with Crippen LogP contribution in [0.4, 0.5) is 5.69 Å². The smallest absolute Gasteiger partial charge is 0.269 e. The first-order valence-corrected chi connectivity index (χ1v) is 9.48. The summed E-state index contributed by atoms with van der Waals surface area (Å²) >= 11 is 1.71. The minimum Gasteiger partial charge on any atom is -0.419 e. The van der Waals surface area contributed by atoms with Crippen LogP contribution in [-0.2, 0) is 0 Å². The Labute approximate surface area is 162 Å². The zero-order valence-electron chi connectivity index (χ0n) is 15.9. The van der Waals surface area contributed by atoms with Gasteiger partial charge in [-0.2, -0.15) is 0 Å². The van der Waals surface area contributed by atoms with Crippen molar-refractivity contribution < 1.29 is 9.34 Å². The Morgan fingerprint density at radius 2 is 1.63 bits per heavy atom. The molecular formula is C20H21N3O3S. The standard InChI is InChI=1S/C20H21N3O3S/c1-11-10-12(2)14(4)18(13(11)3)27-15(5)19-21-22-20(26-19)16-6-8-17(9-7-16)23(24)25/h6-10,15H,1-5H3. The maximum atomic E-state index is 10.8. The summed E-state index contributed by atoms with van der Waals surface area (Å²) < 4.78 is 5.83. The van der Waals surface area contributed by atoms with E-state index >= 15 is 0 Å². The van der Waals surface area contributed by atoms with Gasteiger partial charge >= 0.3 is 0 Å². The van der Waals surface area contributed by atoms with Crippen molar-refractivity contribution in [2.24, 2.45) is 0 Å². The lowest BCUT2D eigenvalue weighted by atomic mass is 10.0. The molecule has 1 unspecified atom stereocenters. The summed E-state index contributed by atoms with van der Waals surface area (Å²) in [6, 6.07) is 8.30. The lowest BCUT2D eigenvalue weighted by Crippen LogP contribution is -1.96. The van der Waals surface area contributed by atoms with Gasteiger partial charge in [-0.15, -0.1) is 22.0 Å². The van der Waals surface area contributed by atoms with Crippen molar-refractivity contribution >= 4 is 17.4 Å². The summed E-state index contributed by atoms with van der Waals surface area (Å²) in [5.74, 6) is 0.896. The molecule has 0 radical (unpaired) electrons. The Kier molecular flexibility index (Phi) is 5.32. The number of thioether (sulfide) groups is 1. The van der Waals surface area contributed by atoms with E-state index in [1.54, 1.807) is 23.9 Å². The molecule has 0 spiro atoms. The van der Waals surface area contributed by atoms with Gasteiger partial charge in [0.05, 0.1) is 10.2 Å². The molecule has 0 amide bonds.